The third kappa shape index (κ3) is 6.20. The number of carbonyl (C=O) groups excluding carboxylic acids is 3. The third-order valence-corrected chi connectivity index (χ3v) is 4.53. The largest absolute Gasteiger partial charge is 0.494 e. The van der Waals surface area contributed by atoms with Gasteiger partial charge in [0, 0.05) is 20.1 Å². The van der Waals surface area contributed by atoms with E-state index in [1.807, 2.05) is 36.4 Å². The van der Waals surface area contributed by atoms with Crippen molar-refractivity contribution in [3.63, 3.8) is 0 Å². The number of benzene rings is 2. The number of hydrogen-bond donors (Lipinski definition) is 2. The molecular formula is C23H27N3O4. The first-order valence-electron chi connectivity index (χ1n) is 9.74. The number of nitrogens with one attached hydrogen (secondary N) is 1. The molecule has 0 aromatic heterocycles. The Hall–Kier alpha value is -3.61. The smallest absolute Gasteiger partial charge is 0.271 e. The van der Waals surface area contributed by atoms with Crippen molar-refractivity contribution < 1.29 is 19.5 Å². The van der Waals surface area contributed by atoms with Gasteiger partial charge in [-0.2, -0.15) is 0 Å². The lowest BCUT2D eigenvalue weighted by Gasteiger charge is -2.23. The van der Waals surface area contributed by atoms with Crippen molar-refractivity contribution in [3.8, 4) is 0 Å². The van der Waals surface area contributed by atoms with Crippen molar-refractivity contribution >= 4 is 18.2 Å². The van der Waals surface area contributed by atoms with Crippen LogP contribution < -0.4 is 5.32 Å². The number of aliphatic hydroxyl groups excluding tert-OH is 1. The molecule has 0 fully saturated rings. The molecule has 0 aliphatic carbocycles. The van der Waals surface area contributed by atoms with Crippen LogP contribution in [-0.4, -0.2) is 53.3 Å². The summed E-state index contributed by atoms with van der Waals surface area (Å²) in [6, 6.07) is 18.6. The lowest BCUT2D eigenvalue weighted by Crippen LogP contribution is -2.40. The zero-order valence-electron chi connectivity index (χ0n) is 17.2. The highest BCUT2D eigenvalue weighted by molar-refractivity contribution is 6.20. The van der Waals surface area contributed by atoms with E-state index in [1.54, 1.807) is 38.2 Å². The van der Waals surface area contributed by atoms with Gasteiger partial charge >= 0.3 is 0 Å². The molecule has 0 aliphatic heterocycles. The summed E-state index contributed by atoms with van der Waals surface area (Å²) < 4.78 is 0. The number of aliphatic hydroxyl groups is 1. The molecule has 0 unspecified atom stereocenters. The van der Waals surface area contributed by atoms with Crippen LogP contribution >= 0.6 is 0 Å². The summed E-state index contributed by atoms with van der Waals surface area (Å²) in [4.78, 5) is 39.5. The maximum atomic E-state index is 13.0. The van der Waals surface area contributed by atoms with Crippen LogP contribution in [0.2, 0.25) is 0 Å². The van der Waals surface area contributed by atoms with Crippen LogP contribution in [0.3, 0.4) is 0 Å². The summed E-state index contributed by atoms with van der Waals surface area (Å²) in [6.07, 6.45) is 0.978. The van der Waals surface area contributed by atoms with Gasteiger partial charge in [0.2, 0.25) is 12.3 Å². The Morgan fingerprint density at radius 2 is 1.57 bits per heavy atom. The summed E-state index contributed by atoms with van der Waals surface area (Å²) in [5.74, 6) is -2.06. The summed E-state index contributed by atoms with van der Waals surface area (Å²) in [7, 11) is 1.59. The van der Waals surface area contributed by atoms with Gasteiger partial charge < -0.3 is 15.3 Å². The molecule has 158 valence electrons. The van der Waals surface area contributed by atoms with E-state index in [0.29, 0.717) is 19.4 Å². The highest BCUT2D eigenvalue weighted by Gasteiger charge is 2.29. The van der Waals surface area contributed by atoms with Gasteiger partial charge in [0.25, 0.3) is 11.8 Å². The van der Waals surface area contributed by atoms with Gasteiger partial charge in [0.05, 0.1) is 6.54 Å². The molecule has 30 heavy (non-hydrogen) atoms. The first kappa shape index (κ1) is 22.7. The van der Waals surface area contributed by atoms with E-state index >= 15 is 0 Å². The number of rotatable bonds is 10. The molecule has 2 rings (SSSR count). The van der Waals surface area contributed by atoms with Crippen LogP contribution in [0.4, 0.5) is 0 Å². The Balaban J connectivity index is 2.26. The van der Waals surface area contributed by atoms with E-state index in [-0.39, 0.29) is 13.1 Å². The number of hydrogen-bond acceptors (Lipinski definition) is 5. The molecule has 0 bridgehead atoms. The van der Waals surface area contributed by atoms with E-state index < -0.39 is 23.3 Å². The van der Waals surface area contributed by atoms with E-state index in [9.17, 15) is 19.5 Å². The topological polar surface area (TPSA) is 90.0 Å². The van der Waals surface area contributed by atoms with Gasteiger partial charge in [-0.05, 0) is 24.5 Å². The lowest BCUT2D eigenvalue weighted by molar-refractivity contribution is -0.137. The number of imide groups is 1. The number of likely N-dealkylation sites (N-methyl/N-ethyl adjacent to an activating group) is 2. The maximum Gasteiger partial charge on any atom is 0.271 e. The third-order valence-electron chi connectivity index (χ3n) is 4.53. The van der Waals surface area contributed by atoms with Crippen LogP contribution in [0.15, 0.2) is 72.1 Å². The van der Waals surface area contributed by atoms with Crippen LogP contribution in [0.25, 0.3) is 0 Å². The fraction of sp³-hybridized carbons (Fsp3) is 0.261. The molecule has 0 atom stereocenters. The van der Waals surface area contributed by atoms with E-state index in [0.717, 1.165) is 16.0 Å². The Bertz CT molecular complexity index is 882. The van der Waals surface area contributed by atoms with Crippen molar-refractivity contribution in [3.05, 3.63) is 83.2 Å². The summed E-state index contributed by atoms with van der Waals surface area (Å²) in [5, 5.41) is 13.2. The van der Waals surface area contributed by atoms with Crippen LogP contribution in [0, 0.1) is 0 Å². The van der Waals surface area contributed by atoms with E-state index in [4.69, 9.17) is 0 Å². The number of carbonyl (C=O) groups is 3. The first-order valence-corrected chi connectivity index (χ1v) is 9.74. The molecule has 2 aromatic rings. The van der Waals surface area contributed by atoms with Gasteiger partial charge in [0.1, 0.15) is 0 Å². The molecule has 0 radical (unpaired) electrons. The highest BCUT2D eigenvalue weighted by atomic mass is 16.3. The molecule has 2 aromatic carbocycles. The average molecular weight is 409 g/mol. The van der Waals surface area contributed by atoms with Crippen LogP contribution in [0.1, 0.15) is 18.1 Å². The zero-order chi connectivity index (χ0) is 21.9. The molecule has 3 amide bonds. The van der Waals surface area contributed by atoms with E-state index in [1.165, 1.54) is 4.90 Å². The Morgan fingerprint density at radius 1 is 1.00 bits per heavy atom. The van der Waals surface area contributed by atoms with Crippen LogP contribution in [-0.2, 0) is 27.3 Å². The van der Waals surface area contributed by atoms with Gasteiger partial charge in [-0.3, -0.25) is 19.3 Å². The van der Waals surface area contributed by atoms with Crippen molar-refractivity contribution in [2.45, 2.75) is 19.9 Å². The Kier molecular flexibility index (Phi) is 8.62. The molecule has 2 N–H and O–H groups in total. The van der Waals surface area contributed by atoms with Gasteiger partial charge in [-0.25, -0.2) is 0 Å². The average Bonchev–Trinajstić information content (AvgIpc) is 2.77. The number of nitrogens with zero attached hydrogens (tertiary/aromatic N) is 2. The quantitative estimate of drug-likeness (QED) is 0.207. The van der Waals surface area contributed by atoms with Gasteiger partial charge in [-0.1, -0.05) is 60.7 Å². The zero-order valence-corrected chi connectivity index (χ0v) is 17.2. The lowest BCUT2D eigenvalue weighted by atomic mass is 10.1. The summed E-state index contributed by atoms with van der Waals surface area (Å²) in [6.45, 7) is 2.35. The monoisotopic (exact) mass is 409 g/mol. The Labute approximate surface area is 176 Å². The minimum atomic E-state index is -0.858. The highest BCUT2D eigenvalue weighted by Crippen LogP contribution is 2.14. The predicted octanol–water partition coefficient (Wildman–Crippen LogP) is 2.25. The Morgan fingerprint density at radius 3 is 2.10 bits per heavy atom. The van der Waals surface area contributed by atoms with Crippen molar-refractivity contribution in [2.75, 3.05) is 20.1 Å². The number of amides is 3. The van der Waals surface area contributed by atoms with Gasteiger partial charge in [0.15, 0.2) is 5.57 Å². The molecule has 0 aliphatic rings. The predicted molar refractivity (Wildman–Crippen MR) is 114 cm³/mol. The summed E-state index contributed by atoms with van der Waals surface area (Å²) in [5.41, 5.74) is 1.32. The SMILES string of the molecule is CCNC(=O)/C(C(=O)N(C=O)Cc1ccccc1)=C(\O)N(C)CCc1ccccc1. The normalized spacial score (nSPS) is 11.3. The molecule has 0 saturated heterocycles. The summed E-state index contributed by atoms with van der Waals surface area (Å²) >= 11 is 0. The minimum absolute atomic E-state index is 0.00686. The van der Waals surface area contributed by atoms with Crippen molar-refractivity contribution in [1.29, 1.82) is 0 Å². The van der Waals surface area contributed by atoms with Crippen molar-refractivity contribution in [2.24, 2.45) is 0 Å². The second kappa shape index (κ2) is 11.4. The fourth-order valence-corrected chi connectivity index (χ4v) is 2.86. The van der Waals surface area contributed by atoms with E-state index in [2.05, 4.69) is 5.32 Å². The van der Waals surface area contributed by atoms with Gasteiger partial charge in [-0.15, -0.1) is 0 Å². The second-order valence-electron chi connectivity index (χ2n) is 6.74. The molecule has 7 nitrogen and oxygen atoms in total. The molecular weight excluding hydrogens is 382 g/mol. The molecule has 0 spiro atoms. The molecule has 0 saturated carbocycles. The minimum Gasteiger partial charge on any atom is -0.494 e. The second-order valence-corrected chi connectivity index (χ2v) is 6.74. The standard InChI is InChI=1S/C23H27N3O4/c1-3-24-21(28)20(22(29)25(2)15-14-18-10-6-4-7-11-18)23(30)26(17-27)16-19-12-8-5-9-13-19/h4-13,17,29H,3,14-16H2,1-2H3,(H,24,28)/b22-20+. The first-order chi connectivity index (χ1) is 14.5. The molecule has 0 heterocycles. The van der Waals surface area contributed by atoms with Crippen molar-refractivity contribution in [1.82, 2.24) is 15.1 Å². The molecule has 7 heteroatoms. The van der Waals surface area contributed by atoms with Crippen LogP contribution in [0.5, 0.6) is 0 Å². The maximum absolute atomic E-state index is 13.0. The fourth-order valence-electron chi connectivity index (χ4n) is 2.86.